The van der Waals surface area contributed by atoms with Crippen molar-refractivity contribution in [2.45, 2.75) is 39.3 Å². The second kappa shape index (κ2) is 10.6. The van der Waals surface area contributed by atoms with Gasteiger partial charge in [0.15, 0.2) is 6.61 Å². The molecule has 1 N–H and O–H groups in total. The average molecular weight is 482 g/mol. The summed E-state index contributed by atoms with van der Waals surface area (Å²) in [5.41, 5.74) is 3.34. The van der Waals surface area contributed by atoms with Crippen LogP contribution in [-0.4, -0.2) is 82.3 Å². The Labute approximate surface area is 206 Å². The number of amides is 1. The number of nitrogens with zero attached hydrogens (tertiary/aromatic N) is 6. The van der Waals surface area contributed by atoms with E-state index in [1.165, 1.54) is 15.0 Å². The maximum Gasteiger partial charge on any atom is 0.260 e. The van der Waals surface area contributed by atoms with Gasteiger partial charge in [-0.15, -0.1) is 5.10 Å². The molecule has 188 valence electrons. The molecule has 0 unspecified atom stereocenters. The summed E-state index contributed by atoms with van der Waals surface area (Å²) in [4.78, 5) is 25.1. The fourth-order valence-corrected chi connectivity index (χ4v) is 3.70. The number of morpholine rings is 1. The largest absolute Gasteiger partial charge is 0.467 e. The highest BCUT2D eigenvalue weighted by Crippen LogP contribution is 2.23. The summed E-state index contributed by atoms with van der Waals surface area (Å²) in [6.07, 6.45) is 0. The summed E-state index contributed by atoms with van der Waals surface area (Å²) in [5, 5.41) is 7.82. The summed E-state index contributed by atoms with van der Waals surface area (Å²) in [6.45, 7) is 10.8. The first-order chi connectivity index (χ1) is 16.7. The summed E-state index contributed by atoms with van der Waals surface area (Å²) < 4.78 is 12.8. The van der Waals surface area contributed by atoms with Crippen molar-refractivity contribution in [3.8, 4) is 5.88 Å². The molecular weight excluding hydrogens is 446 g/mol. The Kier molecular flexibility index (Phi) is 7.51. The predicted molar refractivity (Wildman–Crippen MR) is 134 cm³/mol. The Bertz CT molecular complexity index is 1150. The van der Waals surface area contributed by atoms with E-state index in [1.807, 2.05) is 6.07 Å². The van der Waals surface area contributed by atoms with Crippen LogP contribution in [0, 0.1) is 0 Å². The van der Waals surface area contributed by atoms with Crippen molar-refractivity contribution in [3.05, 3.63) is 47.2 Å². The zero-order chi connectivity index (χ0) is 25.0. The zero-order valence-corrected chi connectivity index (χ0v) is 21.2. The minimum atomic E-state index is -0.137. The van der Waals surface area contributed by atoms with E-state index in [2.05, 4.69) is 65.3 Å². The molecule has 1 aliphatic heterocycles. The molecule has 0 aliphatic carbocycles. The van der Waals surface area contributed by atoms with E-state index in [0.717, 1.165) is 24.3 Å². The van der Waals surface area contributed by atoms with Crippen molar-refractivity contribution in [2.75, 3.05) is 52.3 Å². The molecule has 1 aromatic carbocycles. The van der Waals surface area contributed by atoms with Gasteiger partial charge in [-0.1, -0.05) is 45.0 Å². The van der Waals surface area contributed by atoms with Crippen molar-refractivity contribution < 1.29 is 14.3 Å². The summed E-state index contributed by atoms with van der Waals surface area (Å²) in [7, 11) is 3.40. The minimum absolute atomic E-state index is 0.0914. The maximum absolute atomic E-state index is 12.1. The van der Waals surface area contributed by atoms with Crippen molar-refractivity contribution in [1.82, 2.24) is 29.4 Å². The van der Waals surface area contributed by atoms with E-state index in [0.29, 0.717) is 43.9 Å². The van der Waals surface area contributed by atoms with E-state index < -0.39 is 0 Å². The van der Waals surface area contributed by atoms with Crippen LogP contribution in [0.5, 0.6) is 5.88 Å². The topological polar surface area (TPSA) is 97.1 Å². The highest BCUT2D eigenvalue weighted by molar-refractivity contribution is 5.77. The second-order valence-electron chi connectivity index (χ2n) is 10.00. The summed E-state index contributed by atoms with van der Waals surface area (Å²) >= 11 is 0. The number of likely N-dealkylation sites (N-methyl/N-ethyl adjacent to an activating group) is 1. The normalized spacial score (nSPS) is 14.8. The van der Waals surface area contributed by atoms with Gasteiger partial charge in [0.1, 0.15) is 0 Å². The Balaban J connectivity index is 1.53. The smallest absolute Gasteiger partial charge is 0.260 e. The Morgan fingerprint density at radius 1 is 1.14 bits per heavy atom. The lowest BCUT2D eigenvalue weighted by Crippen LogP contribution is -2.36. The number of carbonyl (C=O) groups is 1. The Morgan fingerprint density at radius 3 is 2.51 bits per heavy atom. The molecule has 10 heteroatoms. The lowest BCUT2D eigenvalue weighted by molar-refractivity contribution is -0.130. The van der Waals surface area contributed by atoms with Crippen LogP contribution in [0.4, 0.5) is 5.95 Å². The van der Waals surface area contributed by atoms with Crippen molar-refractivity contribution in [1.29, 1.82) is 0 Å². The van der Waals surface area contributed by atoms with Crippen molar-refractivity contribution in [2.24, 2.45) is 0 Å². The van der Waals surface area contributed by atoms with E-state index in [1.54, 1.807) is 14.1 Å². The SMILES string of the molecule is CN(C)C(=O)COc1cc(CN2CCOCC2)nc2nc(NCc3ccc(C(C)(C)C)cc3)nn12. The molecule has 35 heavy (non-hydrogen) atoms. The summed E-state index contributed by atoms with van der Waals surface area (Å²) in [6, 6.07) is 10.4. The molecule has 0 saturated carbocycles. The molecule has 3 heterocycles. The molecule has 0 bridgehead atoms. The molecule has 1 aliphatic rings. The van der Waals surface area contributed by atoms with Gasteiger partial charge in [0.2, 0.25) is 11.8 Å². The molecule has 10 nitrogen and oxygen atoms in total. The average Bonchev–Trinajstić information content (AvgIpc) is 3.24. The lowest BCUT2D eigenvalue weighted by Gasteiger charge is -2.26. The first-order valence-electron chi connectivity index (χ1n) is 11.9. The van der Waals surface area contributed by atoms with Gasteiger partial charge in [0, 0.05) is 46.3 Å². The van der Waals surface area contributed by atoms with Gasteiger partial charge in [0.05, 0.1) is 18.9 Å². The van der Waals surface area contributed by atoms with Gasteiger partial charge in [-0.2, -0.15) is 9.50 Å². The molecule has 1 amide bonds. The number of rotatable bonds is 8. The van der Waals surface area contributed by atoms with E-state index >= 15 is 0 Å². The first-order valence-corrected chi connectivity index (χ1v) is 11.9. The van der Waals surface area contributed by atoms with Crippen LogP contribution in [0.15, 0.2) is 30.3 Å². The zero-order valence-electron chi connectivity index (χ0n) is 21.2. The fourth-order valence-electron chi connectivity index (χ4n) is 3.70. The second-order valence-corrected chi connectivity index (χ2v) is 10.00. The van der Waals surface area contributed by atoms with Crippen LogP contribution in [0.25, 0.3) is 5.78 Å². The van der Waals surface area contributed by atoms with E-state index in [9.17, 15) is 4.79 Å². The Hall–Kier alpha value is -3.24. The molecule has 1 saturated heterocycles. The number of carbonyl (C=O) groups excluding carboxylic acids is 1. The van der Waals surface area contributed by atoms with Crippen LogP contribution in [-0.2, 0) is 28.0 Å². The standard InChI is InChI=1S/C25H35N7O3/c1-25(2,3)19-8-6-18(7-9-19)15-26-23-28-24-27-20(16-31-10-12-34-13-11-31)14-22(32(24)29-23)35-17-21(33)30(4)5/h6-9,14H,10-13,15-17H2,1-5H3,(H,26,29). The number of fused-ring (bicyclic) bond motifs is 1. The highest BCUT2D eigenvalue weighted by atomic mass is 16.5. The van der Waals surface area contributed by atoms with Gasteiger partial charge in [-0.05, 0) is 16.5 Å². The van der Waals surface area contributed by atoms with E-state index in [4.69, 9.17) is 14.5 Å². The number of aromatic nitrogens is 4. The molecule has 4 rings (SSSR count). The van der Waals surface area contributed by atoms with Gasteiger partial charge in [-0.25, -0.2) is 4.98 Å². The third kappa shape index (κ3) is 6.46. The number of nitrogens with one attached hydrogen (secondary N) is 1. The number of ether oxygens (including phenoxy) is 2. The number of hydrogen-bond acceptors (Lipinski definition) is 8. The molecule has 3 aromatic rings. The Morgan fingerprint density at radius 2 is 1.86 bits per heavy atom. The number of hydrogen-bond donors (Lipinski definition) is 1. The van der Waals surface area contributed by atoms with Crippen LogP contribution >= 0.6 is 0 Å². The van der Waals surface area contributed by atoms with Gasteiger partial charge in [-0.3, -0.25) is 9.69 Å². The van der Waals surface area contributed by atoms with Crippen LogP contribution in [0.1, 0.15) is 37.6 Å². The summed E-state index contributed by atoms with van der Waals surface area (Å²) in [5.74, 6) is 1.17. The molecule has 0 spiro atoms. The van der Waals surface area contributed by atoms with Gasteiger partial charge in [0.25, 0.3) is 11.7 Å². The monoisotopic (exact) mass is 481 g/mol. The molecule has 0 radical (unpaired) electrons. The molecule has 2 aromatic heterocycles. The van der Waals surface area contributed by atoms with Crippen LogP contribution < -0.4 is 10.1 Å². The fraction of sp³-hybridized carbons (Fsp3) is 0.520. The number of anilines is 1. The van der Waals surface area contributed by atoms with Crippen molar-refractivity contribution in [3.63, 3.8) is 0 Å². The van der Waals surface area contributed by atoms with Crippen LogP contribution in [0.3, 0.4) is 0 Å². The molecule has 0 atom stereocenters. The quantitative estimate of drug-likeness (QED) is 0.524. The van der Waals surface area contributed by atoms with Gasteiger partial charge < -0.3 is 19.7 Å². The predicted octanol–water partition coefficient (Wildman–Crippen LogP) is 2.33. The van der Waals surface area contributed by atoms with Crippen LogP contribution in [0.2, 0.25) is 0 Å². The molecule has 1 fully saturated rings. The van der Waals surface area contributed by atoms with E-state index in [-0.39, 0.29) is 17.9 Å². The lowest BCUT2D eigenvalue weighted by atomic mass is 9.87. The third-order valence-electron chi connectivity index (χ3n) is 5.93. The third-order valence-corrected chi connectivity index (χ3v) is 5.93. The number of benzene rings is 1. The maximum atomic E-state index is 12.1. The highest BCUT2D eigenvalue weighted by Gasteiger charge is 2.18. The first kappa shape index (κ1) is 24.9. The molecular formula is C25H35N7O3. The van der Waals surface area contributed by atoms with Gasteiger partial charge >= 0.3 is 0 Å². The van der Waals surface area contributed by atoms with Crippen molar-refractivity contribution >= 4 is 17.6 Å². The minimum Gasteiger partial charge on any atom is -0.467 e.